The molecule has 0 aromatic heterocycles. The summed E-state index contributed by atoms with van der Waals surface area (Å²) in [6.07, 6.45) is 0.610. The second kappa shape index (κ2) is 9.28. The van der Waals surface area contributed by atoms with Crippen LogP contribution in [0.15, 0.2) is 42.5 Å². The van der Waals surface area contributed by atoms with Crippen molar-refractivity contribution in [2.24, 2.45) is 5.92 Å². The van der Waals surface area contributed by atoms with Crippen molar-refractivity contribution in [2.75, 3.05) is 20.6 Å². The highest BCUT2D eigenvalue weighted by atomic mass is 18.2. The Bertz CT molecular complexity index is 805. The Hall–Kier alpha value is -2.27. The molecule has 0 amide bonds. The zero-order valence-corrected chi connectivity index (χ0v) is 17.3. The lowest BCUT2D eigenvalue weighted by Crippen LogP contribution is -2.45. The third-order valence-corrected chi connectivity index (χ3v) is 5.05. The van der Waals surface area contributed by atoms with Crippen LogP contribution in [-0.4, -0.2) is 31.5 Å². The molecule has 0 aliphatic carbocycles. The van der Waals surface area contributed by atoms with Gasteiger partial charge in [-0.3, -0.25) is 4.79 Å². The third-order valence-electron chi connectivity index (χ3n) is 5.05. The summed E-state index contributed by atoms with van der Waals surface area (Å²) < 4.78 is 33.4. The van der Waals surface area contributed by atoms with Gasteiger partial charge in [0.05, 0.1) is 0 Å². The third kappa shape index (κ3) is 5.16. The summed E-state index contributed by atoms with van der Waals surface area (Å²) in [5.41, 5.74) is 1.09. The fourth-order valence-electron chi connectivity index (χ4n) is 3.54. The maximum Gasteiger partial charge on any atom is 0.306 e. The van der Waals surface area contributed by atoms with Crippen LogP contribution in [0.2, 0.25) is 0 Å². The number of carbonyl (C=O) groups excluding carboxylic acids is 1. The smallest absolute Gasteiger partial charge is 0.306 e. The lowest BCUT2D eigenvalue weighted by atomic mass is 9.76. The maximum atomic E-state index is 13.9. The predicted molar refractivity (Wildman–Crippen MR) is 107 cm³/mol. The Balaban J connectivity index is 2.62. The summed E-state index contributed by atoms with van der Waals surface area (Å²) in [5, 5.41) is 0. The molecule has 0 N–H and O–H groups in total. The SMILES string of the molecule is CCC(=O)O[C@](Cc1ccc([18F])cc1)(c1ccc([18F])c(C)c1)[C@H](C)CN(C)C. The molecule has 0 saturated carbocycles. The van der Waals surface area contributed by atoms with Crippen molar-refractivity contribution in [3.8, 4) is 0 Å². The Kier molecular flexibility index (Phi) is 7.30. The largest absolute Gasteiger partial charge is 0.453 e. The van der Waals surface area contributed by atoms with Gasteiger partial charge in [-0.1, -0.05) is 32.0 Å². The van der Waals surface area contributed by atoms with Crippen LogP contribution in [0.25, 0.3) is 0 Å². The van der Waals surface area contributed by atoms with Crippen LogP contribution in [-0.2, 0) is 21.6 Å². The minimum Gasteiger partial charge on any atom is -0.453 e. The molecule has 0 aliphatic heterocycles. The lowest BCUT2D eigenvalue weighted by molar-refractivity contribution is -0.168. The molecule has 2 aromatic rings. The van der Waals surface area contributed by atoms with Gasteiger partial charge in [0.2, 0.25) is 0 Å². The van der Waals surface area contributed by atoms with Gasteiger partial charge < -0.3 is 9.64 Å². The van der Waals surface area contributed by atoms with Gasteiger partial charge in [0.1, 0.15) is 17.2 Å². The molecular weight excluding hydrogens is 358 g/mol. The summed E-state index contributed by atoms with van der Waals surface area (Å²) >= 11 is 0. The van der Waals surface area contributed by atoms with Crippen molar-refractivity contribution in [2.45, 2.75) is 39.2 Å². The van der Waals surface area contributed by atoms with Gasteiger partial charge in [0, 0.05) is 25.3 Å². The quantitative estimate of drug-likeness (QED) is 0.606. The molecule has 2 aromatic carbocycles. The molecule has 0 radical (unpaired) electrons. The van der Waals surface area contributed by atoms with E-state index in [0.717, 1.165) is 11.1 Å². The zero-order valence-electron chi connectivity index (χ0n) is 17.3. The van der Waals surface area contributed by atoms with Gasteiger partial charge in [-0.25, -0.2) is 8.78 Å². The van der Waals surface area contributed by atoms with Crippen LogP contribution in [0.1, 0.15) is 37.0 Å². The van der Waals surface area contributed by atoms with Gasteiger partial charge in [0.25, 0.3) is 0 Å². The van der Waals surface area contributed by atoms with Crippen molar-refractivity contribution >= 4 is 5.97 Å². The van der Waals surface area contributed by atoms with E-state index in [1.54, 1.807) is 38.1 Å². The van der Waals surface area contributed by atoms with Crippen molar-refractivity contribution in [1.82, 2.24) is 4.90 Å². The second-order valence-corrected chi connectivity index (χ2v) is 7.65. The molecule has 0 spiro atoms. The number of carbonyl (C=O) groups is 1. The lowest BCUT2D eigenvalue weighted by Gasteiger charge is -2.40. The molecule has 0 aliphatic rings. The first kappa shape index (κ1) is 22.0. The monoisotopic (exact) mass is 387 g/mol. The van der Waals surface area contributed by atoms with E-state index in [9.17, 15) is 13.6 Å². The van der Waals surface area contributed by atoms with E-state index in [2.05, 4.69) is 0 Å². The summed E-state index contributed by atoms with van der Waals surface area (Å²) in [4.78, 5) is 14.4. The summed E-state index contributed by atoms with van der Waals surface area (Å²) in [7, 11) is 3.91. The van der Waals surface area contributed by atoms with Crippen LogP contribution in [0.5, 0.6) is 0 Å². The number of rotatable bonds is 8. The van der Waals surface area contributed by atoms with Crippen LogP contribution in [0, 0.1) is 24.5 Å². The van der Waals surface area contributed by atoms with Crippen molar-refractivity contribution < 1.29 is 18.3 Å². The molecule has 0 unspecified atom stereocenters. The van der Waals surface area contributed by atoms with Gasteiger partial charge in [-0.05, 0) is 62.0 Å². The van der Waals surface area contributed by atoms with Gasteiger partial charge in [0.15, 0.2) is 0 Å². The summed E-state index contributed by atoms with van der Waals surface area (Å²) in [6, 6.07) is 11.0. The Labute approximate surface area is 166 Å². The molecule has 0 saturated heterocycles. The molecule has 5 heteroatoms. The molecule has 0 heterocycles. The van der Waals surface area contributed by atoms with E-state index >= 15 is 0 Å². The van der Waals surface area contributed by atoms with Crippen molar-refractivity contribution in [1.29, 1.82) is 0 Å². The number of benzene rings is 2. The zero-order chi connectivity index (χ0) is 20.9. The van der Waals surface area contributed by atoms with E-state index < -0.39 is 5.60 Å². The number of esters is 1. The minimum absolute atomic E-state index is 0.0899. The van der Waals surface area contributed by atoms with Gasteiger partial charge >= 0.3 is 5.97 Å². The number of nitrogens with zero attached hydrogens (tertiary/aromatic N) is 1. The normalized spacial score (nSPS) is 14.6. The van der Waals surface area contributed by atoms with Crippen LogP contribution in [0.3, 0.4) is 0 Å². The number of ether oxygens (including phenoxy) is 1. The van der Waals surface area contributed by atoms with E-state index in [-0.39, 0.29) is 29.9 Å². The van der Waals surface area contributed by atoms with E-state index in [1.807, 2.05) is 25.9 Å². The number of hydrogen-bond donors (Lipinski definition) is 0. The number of hydrogen-bond acceptors (Lipinski definition) is 3. The Morgan fingerprint density at radius 2 is 1.79 bits per heavy atom. The fraction of sp³-hybridized carbons (Fsp3) is 0.435. The summed E-state index contributed by atoms with van der Waals surface area (Å²) in [5.74, 6) is -1.04. The number of aryl methyl sites for hydroxylation is 1. The average molecular weight is 387 g/mol. The molecular formula is C23H29F2NO2. The highest BCUT2D eigenvalue weighted by molar-refractivity contribution is 5.70. The minimum atomic E-state index is -0.992. The molecule has 28 heavy (non-hydrogen) atoms. The van der Waals surface area contributed by atoms with E-state index in [4.69, 9.17) is 4.74 Å². The topological polar surface area (TPSA) is 29.5 Å². The van der Waals surface area contributed by atoms with Gasteiger partial charge in [-0.2, -0.15) is 0 Å². The van der Waals surface area contributed by atoms with Gasteiger partial charge in [-0.15, -0.1) is 0 Å². The standard InChI is InChI=1S/C23H29F2NO2/c1-6-22(27)28-23(17(3)15-26(4)5,14-18-7-10-20(24)11-8-18)19-9-12-21(25)16(2)13-19/h7-13,17H,6,14-15H2,1-5H3/t17-,23+/m1/s1/i24-1,25-1. The Morgan fingerprint density at radius 1 is 1.14 bits per heavy atom. The predicted octanol–water partition coefficient (Wildman–Crippen LogP) is 4.86. The van der Waals surface area contributed by atoms with Crippen LogP contribution >= 0.6 is 0 Å². The first-order valence-electron chi connectivity index (χ1n) is 9.55. The first-order valence-corrected chi connectivity index (χ1v) is 9.55. The molecule has 0 fully saturated rings. The molecule has 2 rings (SSSR count). The highest BCUT2D eigenvalue weighted by Gasteiger charge is 2.42. The van der Waals surface area contributed by atoms with E-state index in [0.29, 0.717) is 18.5 Å². The van der Waals surface area contributed by atoms with Crippen LogP contribution in [0.4, 0.5) is 8.78 Å². The molecule has 0 bridgehead atoms. The highest BCUT2D eigenvalue weighted by Crippen LogP contribution is 2.39. The van der Waals surface area contributed by atoms with E-state index in [1.165, 1.54) is 18.2 Å². The average Bonchev–Trinajstić information content (AvgIpc) is 2.64. The molecule has 3 nitrogen and oxygen atoms in total. The second-order valence-electron chi connectivity index (χ2n) is 7.65. The number of halogens is 2. The fourth-order valence-corrected chi connectivity index (χ4v) is 3.54. The summed E-state index contributed by atoms with van der Waals surface area (Å²) in [6.45, 7) is 6.12. The van der Waals surface area contributed by atoms with Crippen molar-refractivity contribution in [3.05, 3.63) is 70.8 Å². The molecule has 152 valence electrons. The molecule has 2 atom stereocenters. The first-order chi connectivity index (χ1) is 13.2. The maximum absolute atomic E-state index is 13.9. The Morgan fingerprint density at radius 3 is 2.32 bits per heavy atom. The van der Waals surface area contributed by atoms with Crippen molar-refractivity contribution in [3.63, 3.8) is 0 Å². The van der Waals surface area contributed by atoms with Crippen LogP contribution < -0.4 is 0 Å².